The Hall–Kier alpha value is -0.900. The average Bonchev–Trinajstić information content (AvgIpc) is 2.38. The molecule has 0 aliphatic carbocycles. The summed E-state index contributed by atoms with van der Waals surface area (Å²) >= 11 is 0. The first-order valence-corrected chi connectivity index (χ1v) is 5.70. The highest BCUT2D eigenvalue weighted by Gasteiger charge is 2.30. The third-order valence-electron chi connectivity index (χ3n) is 2.36. The third kappa shape index (κ3) is 2.82. The van der Waals surface area contributed by atoms with Crippen molar-refractivity contribution in [2.45, 2.75) is 19.6 Å². The molecule has 1 saturated heterocycles. The van der Waals surface area contributed by atoms with Gasteiger partial charge in [0.1, 0.15) is 0 Å². The van der Waals surface area contributed by atoms with Gasteiger partial charge in [0.25, 0.3) is 0 Å². The van der Waals surface area contributed by atoms with Crippen LogP contribution >= 0.6 is 0 Å². The Morgan fingerprint density at radius 3 is 2.81 bits per heavy atom. The second-order valence-corrected chi connectivity index (χ2v) is 3.65. The van der Waals surface area contributed by atoms with Gasteiger partial charge in [-0.3, -0.25) is 0 Å². The van der Waals surface area contributed by atoms with Crippen molar-refractivity contribution in [1.82, 2.24) is 0 Å². The lowest BCUT2D eigenvalue weighted by Crippen LogP contribution is -2.35. The van der Waals surface area contributed by atoms with Crippen molar-refractivity contribution in [3.8, 4) is 0 Å². The summed E-state index contributed by atoms with van der Waals surface area (Å²) in [5.74, 6) is 0. The van der Waals surface area contributed by atoms with Gasteiger partial charge in [-0.1, -0.05) is 37.3 Å². The Labute approximate surface area is 96.3 Å². The second-order valence-electron chi connectivity index (χ2n) is 3.65. The lowest BCUT2D eigenvalue weighted by Gasteiger charge is -2.30. The van der Waals surface area contributed by atoms with Gasteiger partial charge < -0.3 is 14.2 Å². The molecule has 3 heteroatoms. The van der Waals surface area contributed by atoms with Crippen LogP contribution in [0.5, 0.6) is 0 Å². The summed E-state index contributed by atoms with van der Waals surface area (Å²) in [6.45, 7) is 3.94. The standard InChI is InChI=1S/C13H17O3/c1-2-8-15-13-12(14-9-10-16-13)11-6-4-3-5-7-11/h3-7,13H,2,8-10H2,1H3. The van der Waals surface area contributed by atoms with Crippen LogP contribution in [0.1, 0.15) is 18.9 Å². The number of hydrogen-bond donors (Lipinski definition) is 0. The van der Waals surface area contributed by atoms with Crippen molar-refractivity contribution in [1.29, 1.82) is 0 Å². The maximum Gasteiger partial charge on any atom is 0.194 e. The SMILES string of the molecule is CCCOC1OCCO[C]1c1ccccc1. The Bertz CT molecular complexity index is 299. The highest BCUT2D eigenvalue weighted by atomic mass is 16.7. The van der Waals surface area contributed by atoms with Crippen LogP contribution in [-0.4, -0.2) is 26.1 Å². The monoisotopic (exact) mass is 221 g/mol. The number of hydrogen-bond acceptors (Lipinski definition) is 3. The number of benzene rings is 1. The van der Waals surface area contributed by atoms with E-state index in [4.69, 9.17) is 14.2 Å². The van der Waals surface area contributed by atoms with E-state index in [1.807, 2.05) is 30.3 Å². The van der Waals surface area contributed by atoms with Gasteiger partial charge in [0, 0.05) is 6.61 Å². The summed E-state index contributed by atoms with van der Waals surface area (Å²) in [5.41, 5.74) is 1.03. The van der Waals surface area contributed by atoms with Crippen molar-refractivity contribution in [2.24, 2.45) is 0 Å². The van der Waals surface area contributed by atoms with Crippen molar-refractivity contribution in [3.05, 3.63) is 42.0 Å². The van der Waals surface area contributed by atoms with Crippen LogP contribution < -0.4 is 0 Å². The lowest BCUT2D eigenvalue weighted by molar-refractivity contribution is -0.199. The molecule has 0 N–H and O–H groups in total. The third-order valence-corrected chi connectivity index (χ3v) is 2.36. The Morgan fingerprint density at radius 1 is 1.25 bits per heavy atom. The quantitative estimate of drug-likeness (QED) is 0.781. The largest absolute Gasteiger partial charge is 0.359 e. The zero-order chi connectivity index (χ0) is 11.2. The van der Waals surface area contributed by atoms with Crippen molar-refractivity contribution in [3.63, 3.8) is 0 Å². The molecule has 0 aromatic heterocycles. The second kappa shape index (κ2) is 5.99. The summed E-state index contributed by atoms with van der Waals surface area (Å²) in [7, 11) is 0. The molecule has 0 spiro atoms. The first kappa shape index (κ1) is 11.6. The minimum Gasteiger partial charge on any atom is -0.359 e. The Morgan fingerprint density at radius 2 is 2.06 bits per heavy atom. The molecule has 1 aliphatic heterocycles. The molecule has 1 aliphatic rings. The molecule has 1 aromatic rings. The molecule has 1 aromatic carbocycles. The van der Waals surface area contributed by atoms with E-state index in [0.29, 0.717) is 19.8 Å². The molecule has 16 heavy (non-hydrogen) atoms. The fourth-order valence-corrected chi connectivity index (χ4v) is 1.62. The summed E-state index contributed by atoms with van der Waals surface area (Å²) in [4.78, 5) is 0. The van der Waals surface area contributed by atoms with Crippen LogP contribution in [0.3, 0.4) is 0 Å². The normalized spacial score (nSPS) is 22.2. The van der Waals surface area contributed by atoms with E-state index in [2.05, 4.69) is 6.92 Å². The molecule has 0 saturated carbocycles. The molecule has 1 radical (unpaired) electrons. The molecular formula is C13H17O3. The average molecular weight is 221 g/mol. The summed E-state index contributed by atoms with van der Waals surface area (Å²) in [6, 6.07) is 9.96. The molecule has 1 atom stereocenters. The maximum absolute atomic E-state index is 5.64. The van der Waals surface area contributed by atoms with Crippen LogP contribution in [0.2, 0.25) is 0 Å². The van der Waals surface area contributed by atoms with Crippen LogP contribution in [0.25, 0.3) is 0 Å². The van der Waals surface area contributed by atoms with Gasteiger partial charge in [-0.05, 0) is 12.0 Å². The zero-order valence-corrected chi connectivity index (χ0v) is 9.52. The predicted molar refractivity (Wildman–Crippen MR) is 60.7 cm³/mol. The highest BCUT2D eigenvalue weighted by molar-refractivity contribution is 5.28. The molecule has 1 heterocycles. The predicted octanol–water partition coefficient (Wildman–Crippen LogP) is 2.37. The molecule has 2 rings (SSSR count). The zero-order valence-electron chi connectivity index (χ0n) is 9.52. The van der Waals surface area contributed by atoms with Crippen molar-refractivity contribution < 1.29 is 14.2 Å². The number of rotatable bonds is 4. The van der Waals surface area contributed by atoms with E-state index in [0.717, 1.165) is 18.1 Å². The van der Waals surface area contributed by atoms with Crippen LogP contribution in [0, 0.1) is 6.10 Å². The van der Waals surface area contributed by atoms with E-state index in [9.17, 15) is 0 Å². The topological polar surface area (TPSA) is 27.7 Å². The van der Waals surface area contributed by atoms with Crippen molar-refractivity contribution in [2.75, 3.05) is 19.8 Å². The molecule has 0 amide bonds. The number of ether oxygens (including phenoxy) is 3. The minimum absolute atomic E-state index is 0.351. The Balaban J connectivity index is 2.04. The molecule has 3 nitrogen and oxygen atoms in total. The smallest absolute Gasteiger partial charge is 0.194 e. The molecule has 1 fully saturated rings. The van der Waals surface area contributed by atoms with Gasteiger partial charge in [-0.25, -0.2) is 0 Å². The first-order valence-electron chi connectivity index (χ1n) is 5.70. The van der Waals surface area contributed by atoms with E-state index >= 15 is 0 Å². The van der Waals surface area contributed by atoms with Gasteiger partial charge >= 0.3 is 0 Å². The van der Waals surface area contributed by atoms with E-state index in [-0.39, 0.29) is 6.29 Å². The summed E-state index contributed by atoms with van der Waals surface area (Å²) in [6.07, 6.45) is 1.42. The van der Waals surface area contributed by atoms with E-state index in [1.165, 1.54) is 0 Å². The van der Waals surface area contributed by atoms with E-state index in [1.54, 1.807) is 0 Å². The van der Waals surface area contributed by atoms with Crippen LogP contribution in [0.4, 0.5) is 0 Å². The summed E-state index contributed by atoms with van der Waals surface area (Å²) < 4.78 is 16.8. The molecule has 1 unspecified atom stereocenters. The minimum atomic E-state index is -0.351. The maximum atomic E-state index is 5.64. The van der Waals surface area contributed by atoms with Gasteiger partial charge in [-0.2, -0.15) is 0 Å². The van der Waals surface area contributed by atoms with Gasteiger partial charge in [0.2, 0.25) is 0 Å². The molecule has 87 valence electrons. The summed E-state index contributed by atoms with van der Waals surface area (Å²) in [5, 5.41) is 0. The molecular weight excluding hydrogens is 204 g/mol. The van der Waals surface area contributed by atoms with Crippen molar-refractivity contribution >= 4 is 0 Å². The highest BCUT2D eigenvalue weighted by Crippen LogP contribution is 2.26. The Kier molecular flexibility index (Phi) is 4.34. The first-order chi connectivity index (χ1) is 7.92. The van der Waals surface area contributed by atoms with Crippen LogP contribution in [-0.2, 0) is 14.2 Å². The van der Waals surface area contributed by atoms with Gasteiger partial charge in [0.15, 0.2) is 12.4 Å². The van der Waals surface area contributed by atoms with Gasteiger partial charge in [0.05, 0.1) is 13.2 Å². The fourth-order valence-electron chi connectivity index (χ4n) is 1.62. The lowest BCUT2D eigenvalue weighted by atomic mass is 10.1. The fraction of sp³-hybridized carbons (Fsp3) is 0.462. The van der Waals surface area contributed by atoms with E-state index < -0.39 is 0 Å². The van der Waals surface area contributed by atoms with Gasteiger partial charge in [-0.15, -0.1) is 0 Å². The van der Waals surface area contributed by atoms with Crippen LogP contribution in [0.15, 0.2) is 30.3 Å². The molecule has 0 bridgehead atoms.